The highest BCUT2D eigenvalue weighted by atomic mass is 15.2. The number of H-pyrrole nitrogens is 1. The van der Waals surface area contributed by atoms with Gasteiger partial charge in [-0.05, 0) is 24.0 Å². The summed E-state index contributed by atoms with van der Waals surface area (Å²) >= 11 is 0. The lowest BCUT2D eigenvalue weighted by Crippen LogP contribution is -2.32. The molecule has 0 aliphatic carbocycles. The number of nitrogens with two attached hydrogens (primary N) is 1. The Labute approximate surface area is 140 Å². The van der Waals surface area contributed by atoms with Gasteiger partial charge in [-0.2, -0.15) is 5.10 Å². The highest BCUT2D eigenvalue weighted by Crippen LogP contribution is 2.21. The van der Waals surface area contributed by atoms with Crippen LogP contribution in [0.25, 0.3) is 11.0 Å². The van der Waals surface area contributed by atoms with Gasteiger partial charge in [0.1, 0.15) is 17.4 Å². The summed E-state index contributed by atoms with van der Waals surface area (Å²) in [7, 11) is 0. The monoisotopic (exact) mass is 323 g/mol. The van der Waals surface area contributed by atoms with Gasteiger partial charge in [0.25, 0.3) is 0 Å². The Balaban J connectivity index is 1.30. The maximum Gasteiger partial charge on any atom is 0.174 e. The number of anilines is 2. The van der Waals surface area contributed by atoms with E-state index in [1.54, 1.807) is 0 Å². The fourth-order valence-electron chi connectivity index (χ4n) is 3.23. The van der Waals surface area contributed by atoms with Crippen molar-refractivity contribution in [3.63, 3.8) is 0 Å². The number of hydrogen-bond donors (Lipinski definition) is 3. The van der Waals surface area contributed by atoms with E-state index in [2.05, 4.69) is 54.6 Å². The van der Waals surface area contributed by atoms with Gasteiger partial charge in [-0.1, -0.05) is 24.3 Å². The van der Waals surface area contributed by atoms with Crippen LogP contribution in [0.5, 0.6) is 0 Å². The van der Waals surface area contributed by atoms with Crippen LogP contribution in [-0.2, 0) is 13.0 Å². The van der Waals surface area contributed by atoms with Gasteiger partial charge in [0.15, 0.2) is 11.6 Å². The van der Waals surface area contributed by atoms with E-state index in [0.717, 1.165) is 50.4 Å². The molecule has 7 nitrogen and oxygen atoms in total. The minimum Gasteiger partial charge on any atom is -0.382 e. The van der Waals surface area contributed by atoms with Gasteiger partial charge in [-0.15, -0.1) is 0 Å². The van der Waals surface area contributed by atoms with Crippen LogP contribution >= 0.6 is 0 Å². The Hall–Kier alpha value is -2.67. The fourth-order valence-corrected chi connectivity index (χ4v) is 3.23. The second-order valence-corrected chi connectivity index (χ2v) is 6.13. The molecule has 4 N–H and O–H groups in total. The average molecular weight is 323 g/mol. The SMILES string of the molecule is Nc1ncnc2c(NCCCN3CCc4ccccc4C3)n[nH]c12. The molecule has 2 aromatic heterocycles. The number of aromatic nitrogens is 4. The summed E-state index contributed by atoms with van der Waals surface area (Å²) in [4.78, 5) is 10.7. The molecular formula is C17H21N7. The first-order valence-corrected chi connectivity index (χ1v) is 8.29. The number of aromatic amines is 1. The highest BCUT2D eigenvalue weighted by Gasteiger charge is 2.15. The van der Waals surface area contributed by atoms with Crippen molar-refractivity contribution in [3.8, 4) is 0 Å². The molecule has 24 heavy (non-hydrogen) atoms. The Morgan fingerprint density at radius 2 is 2.08 bits per heavy atom. The maximum atomic E-state index is 5.80. The van der Waals surface area contributed by atoms with Crippen molar-refractivity contribution in [2.45, 2.75) is 19.4 Å². The molecule has 0 saturated carbocycles. The Morgan fingerprint density at radius 1 is 1.21 bits per heavy atom. The molecule has 0 bridgehead atoms. The predicted molar refractivity (Wildman–Crippen MR) is 94.6 cm³/mol. The minimum absolute atomic E-state index is 0.424. The first kappa shape index (κ1) is 14.9. The lowest BCUT2D eigenvalue weighted by molar-refractivity contribution is 0.253. The summed E-state index contributed by atoms with van der Waals surface area (Å²) < 4.78 is 0. The van der Waals surface area contributed by atoms with Crippen molar-refractivity contribution in [1.29, 1.82) is 0 Å². The molecule has 0 fully saturated rings. The second kappa shape index (κ2) is 6.45. The molecule has 3 aromatic rings. The van der Waals surface area contributed by atoms with E-state index in [1.807, 2.05) is 0 Å². The van der Waals surface area contributed by atoms with Crippen LogP contribution in [0.1, 0.15) is 17.5 Å². The van der Waals surface area contributed by atoms with Crippen molar-refractivity contribution >= 4 is 22.7 Å². The molecule has 1 aliphatic heterocycles. The van der Waals surface area contributed by atoms with Crippen LogP contribution < -0.4 is 11.1 Å². The van der Waals surface area contributed by atoms with Crippen molar-refractivity contribution in [3.05, 3.63) is 41.7 Å². The predicted octanol–water partition coefficient (Wildman–Crippen LogP) is 1.80. The van der Waals surface area contributed by atoms with Gasteiger partial charge in [-0.3, -0.25) is 10.00 Å². The lowest BCUT2D eigenvalue weighted by atomic mass is 10.00. The fraction of sp³-hybridized carbons (Fsp3) is 0.353. The van der Waals surface area contributed by atoms with E-state index in [1.165, 1.54) is 17.5 Å². The molecule has 4 rings (SSSR count). The van der Waals surface area contributed by atoms with Gasteiger partial charge in [-0.25, -0.2) is 9.97 Å². The van der Waals surface area contributed by atoms with Crippen LogP contribution in [-0.4, -0.2) is 44.7 Å². The van der Waals surface area contributed by atoms with Crippen molar-refractivity contribution < 1.29 is 0 Å². The van der Waals surface area contributed by atoms with E-state index in [-0.39, 0.29) is 0 Å². The first-order chi connectivity index (χ1) is 11.8. The molecule has 3 heterocycles. The normalized spacial score (nSPS) is 14.7. The number of nitrogens with one attached hydrogen (secondary N) is 2. The lowest BCUT2D eigenvalue weighted by Gasteiger charge is -2.28. The highest BCUT2D eigenvalue weighted by molar-refractivity contribution is 5.91. The third-order valence-corrected chi connectivity index (χ3v) is 4.53. The zero-order valence-electron chi connectivity index (χ0n) is 13.5. The van der Waals surface area contributed by atoms with E-state index in [4.69, 9.17) is 5.73 Å². The van der Waals surface area contributed by atoms with E-state index < -0.39 is 0 Å². The number of hydrogen-bond acceptors (Lipinski definition) is 6. The number of rotatable bonds is 5. The van der Waals surface area contributed by atoms with E-state index in [0.29, 0.717) is 11.3 Å². The molecule has 0 amide bonds. The molecule has 0 spiro atoms. The van der Waals surface area contributed by atoms with Crippen LogP contribution in [0.4, 0.5) is 11.6 Å². The summed E-state index contributed by atoms with van der Waals surface area (Å²) in [5.41, 5.74) is 10.2. The third-order valence-electron chi connectivity index (χ3n) is 4.53. The zero-order chi connectivity index (χ0) is 16.4. The van der Waals surface area contributed by atoms with Crippen molar-refractivity contribution in [2.75, 3.05) is 30.7 Å². The molecule has 0 unspecified atom stereocenters. The molecule has 1 aromatic carbocycles. The molecule has 1 aliphatic rings. The summed E-state index contributed by atoms with van der Waals surface area (Å²) in [6.07, 6.45) is 3.66. The van der Waals surface area contributed by atoms with E-state index >= 15 is 0 Å². The Bertz CT molecular complexity index is 842. The van der Waals surface area contributed by atoms with Crippen molar-refractivity contribution in [2.24, 2.45) is 0 Å². The Morgan fingerprint density at radius 3 is 3.00 bits per heavy atom. The standard InChI is InChI=1S/C17H21N7/c18-16-14-15(20-11-21-16)17(23-22-14)19-7-3-8-24-9-6-12-4-1-2-5-13(12)10-24/h1-2,4-5,11H,3,6-10H2,(H2,18,20,21)(H2,19,22,23). The molecule has 0 atom stereocenters. The summed E-state index contributed by atoms with van der Waals surface area (Å²) in [6.45, 7) is 4.10. The number of nitrogens with zero attached hydrogens (tertiary/aromatic N) is 4. The summed E-state index contributed by atoms with van der Waals surface area (Å²) in [5, 5.41) is 10.5. The minimum atomic E-state index is 0.424. The van der Waals surface area contributed by atoms with Gasteiger partial charge in [0, 0.05) is 26.2 Å². The number of fused-ring (bicyclic) bond motifs is 2. The van der Waals surface area contributed by atoms with Gasteiger partial charge < -0.3 is 11.1 Å². The topological polar surface area (TPSA) is 95.8 Å². The van der Waals surface area contributed by atoms with Gasteiger partial charge in [0.2, 0.25) is 0 Å². The number of benzene rings is 1. The maximum absolute atomic E-state index is 5.80. The third kappa shape index (κ3) is 2.90. The van der Waals surface area contributed by atoms with Gasteiger partial charge >= 0.3 is 0 Å². The summed E-state index contributed by atoms with van der Waals surface area (Å²) in [5.74, 6) is 1.16. The van der Waals surface area contributed by atoms with Crippen LogP contribution in [0.2, 0.25) is 0 Å². The molecule has 7 heteroatoms. The van der Waals surface area contributed by atoms with Crippen LogP contribution in [0.15, 0.2) is 30.6 Å². The summed E-state index contributed by atoms with van der Waals surface area (Å²) in [6, 6.07) is 8.73. The van der Waals surface area contributed by atoms with E-state index in [9.17, 15) is 0 Å². The van der Waals surface area contributed by atoms with Crippen LogP contribution in [0, 0.1) is 0 Å². The smallest absolute Gasteiger partial charge is 0.174 e. The first-order valence-electron chi connectivity index (χ1n) is 8.29. The average Bonchev–Trinajstić information content (AvgIpc) is 3.03. The van der Waals surface area contributed by atoms with Crippen LogP contribution in [0.3, 0.4) is 0 Å². The molecule has 0 radical (unpaired) electrons. The largest absolute Gasteiger partial charge is 0.382 e. The zero-order valence-corrected chi connectivity index (χ0v) is 13.5. The van der Waals surface area contributed by atoms with Crippen molar-refractivity contribution in [1.82, 2.24) is 25.1 Å². The number of nitrogen functional groups attached to an aromatic ring is 1. The second-order valence-electron chi connectivity index (χ2n) is 6.13. The molecule has 0 saturated heterocycles. The molecular weight excluding hydrogens is 302 g/mol. The quantitative estimate of drug-likeness (QED) is 0.620. The molecule has 124 valence electrons. The van der Waals surface area contributed by atoms with Gasteiger partial charge in [0.05, 0.1) is 0 Å². The Kier molecular flexibility index (Phi) is 4.00.